The van der Waals surface area contributed by atoms with Crippen LogP contribution in [0.1, 0.15) is 43.4 Å². The maximum Gasteiger partial charge on any atom is 0.220 e. The Labute approximate surface area is 120 Å². The Balaban J connectivity index is 2.21. The Morgan fingerprint density at radius 2 is 2.16 bits per heavy atom. The number of nitrogens with one attached hydrogen (secondary N) is 1. The molecule has 1 amide bonds. The van der Waals surface area contributed by atoms with Gasteiger partial charge in [-0.2, -0.15) is 0 Å². The highest BCUT2D eigenvalue weighted by molar-refractivity contribution is 7.11. The number of aryl methyl sites for hydroxylation is 2. The van der Waals surface area contributed by atoms with Gasteiger partial charge in [-0.1, -0.05) is 13.8 Å². The molecular weight excluding hydrogens is 258 g/mol. The number of rotatable bonds is 7. The molecule has 0 fully saturated rings. The molecule has 1 heterocycles. The van der Waals surface area contributed by atoms with Crippen LogP contribution in [0.3, 0.4) is 0 Å². The molecule has 1 aromatic rings. The van der Waals surface area contributed by atoms with Gasteiger partial charge in [-0.05, 0) is 44.7 Å². The molecule has 1 unspecified atom stereocenters. The van der Waals surface area contributed by atoms with Crippen molar-refractivity contribution in [2.75, 3.05) is 6.54 Å². The second-order valence-corrected chi connectivity index (χ2v) is 7.03. The number of amides is 1. The number of carbonyl (C=O) groups is 1. The first-order valence-electron chi connectivity index (χ1n) is 6.85. The van der Waals surface area contributed by atoms with Crippen molar-refractivity contribution in [2.45, 2.75) is 52.6 Å². The van der Waals surface area contributed by atoms with Gasteiger partial charge in [0.05, 0.1) is 5.60 Å². The van der Waals surface area contributed by atoms with E-state index >= 15 is 0 Å². The number of hydrogen-bond acceptors (Lipinski definition) is 3. The monoisotopic (exact) mass is 283 g/mol. The second kappa shape index (κ2) is 7.06. The predicted molar refractivity (Wildman–Crippen MR) is 80.5 cm³/mol. The van der Waals surface area contributed by atoms with Gasteiger partial charge in [0.1, 0.15) is 0 Å². The lowest BCUT2D eigenvalue weighted by Gasteiger charge is -2.27. The Hall–Kier alpha value is -0.870. The first-order chi connectivity index (χ1) is 8.81. The molecule has 3 nitrogen and oxygen atoms in total. The van der Waals surface area contributed by atoms with Gasteiger partial charge in [0.2, 0.25) is 5.91 Å². The predicted octanol–water partition coefficient (Wildman–Crippen LogP) is 2.90. The molecule has 0 bridgehead atoms. The van der Waals surface area contributed by atoms with Crippen LogP contribution >= 0.6 is 11.3 Å². The highest BCUT2D eigenvalue weighted by Gasteiger charge is 2.25. The van der Waals surface area contributed by atoms with Crippen molar-refractivity contribution in [1.29, 1.82) is 0 Å². The molecule has 1 rings (SSSR count). The van der Waals surface area contributed by atoms with E-state index in [9.17, 15) is 9.90 Å². The summed E-state index contributed by atoms with van der Waals surface area (Å²) in [4.78, 5) is 14.3. The first kappa shape index (κ1) is 16.2. The van der Waals surface area contributed by atoms with E-state index in [1.165, 1.54) is 9.75 Å². The van der Waals surface area contributed by atoms with Gasteiger partial charge >= 0.3 is 0 Å². The van der Waals surface area contributed by atoms with Gasteiger partial charge in [0, 0.05) is 22.7 Å². The third kappa shape index (κ3) is 5.74. The lowest BCUT2D eigenvalue weighted by atomic mass is 9.92. The summed E-state index contributed by atoms with van der Waals surface area (Å²) in [5, 5.41) is 12.8. The second-order valence-electron chi connectivity index (χ2n) is 5.65. The SMILES string of the molecule is Cc1ccc(CCCC(=O)NCC(C)(O)C(C)C)s1. The fraction of sp³-hybridized carbons (Fsp3) is 0.667. The zero-order valence-corrected chi connectivity index (χ0v) is 13.1. The van der Waals surface area contributed by atoms with Gasteiger partial charge in [0.15, 0.2) is 0 Å². The van der Waals surface area contributed by atoms with Crippen LogP contribution in [0, 0.1) is 12.8 Å². The molecule has 0 spiro atoms. The highest BCUT2D eigenvalue weighted by Crippen LogP contribution is 2.17. The van der Waals surface area contributed by atoms with Gasteiger partial charge in [0.25, 0.3) is 0 Å². The Bertz CT molecular complexity index is 410. The van der Waals surface area contributed by atoms with Crippen molar-refractivity contribution >= 4 is 17.2 Å². The van der Waals surface area contributed by atoms with Crippen LogP contribution in [-0.2, 0) is 11.2 Å². The first-order valence-corrected chi connectivity index (χ1v) is 7.67. The fourth-order valence-corrected chi connectivity index (χ4v) is 2.54. The van der Waals surface area contributed by atoms with E-state index in [1.54, 1.807) is 18.3 Å². The molecule has 108 valence electrons. The molecule has 19 heavy (non-hydrogen) atoms. The number of aliphatic hydroxyl groups is 1. The normalized spacial score (nSPS) is 14.4. The van der Waals surface area contributed by atoms with E-state index in [1.807, 2.05) is 13.8 Å². The summed E-state index contributed by atoms with van der Waals surface area (Å²) < 4.78 is 0. The smallest absolute Gasteiger partial charge is 0.220 e. The van der Waals surface area contributed by atoms with Crippen LogP contribution in [0.15, 0.2) is 12.1 Å². The summed E-state index contributed by atoms with van der Waals surface area (Å²) in [6, 6.07) is 4.24. The van der Waals surface area contributed by atoms with Gasteiger partial charge < -0.3 is 10.4 Å². The summed E-state index contributed by atoms with van der Waals surface area (Å²) in [5.74, 6) is 0.149. The van der Waals surface area contributed by atoms with Crippen molar-refractivity contribution in [3.05, 3.63) is 21.9 Å². The van der Waals surface area contributed by atoms with Crippen molar-refractivity contribution in [3.63, 3.8) is 0 Å². The van der Waals surface area contributed by atoms with Crippen LogP contribution in [0.25, 0.3) is 0 Å². The minimum Gasteiger partial charge on any atom is -0.388 e. The zero-order chi connectivity index (χ0) is 14.5. The number of thiophene rings is 1. The minimum absolute atomic E-state index is 0.0224. The molecule has 0 aliphatic heterocycles. The standard InChI is InChI=1S/C15H25NO2S/c1-11(2)15(4,18)10-16-14(17)7-5-6-13-9-8-12(3)19-13/h8-9,11,18H,5-7,10H2,1-4H3,(H,16,17). The minimum atomic E-state index is -0.833. The van der Waals surface area contributed by atoms with Crippen molar-refractivity contribution < 1.29 is 9.90 Å². The lowest BCUT2D eigenvalue weighted by molar-refractivity contribution is -0.122. The van der Waals surface area contributed by atoms with Gasteiger partial charge in [-0.15, -0.1) is 11.3 Å². The molecule has 1 atom stereocenters. The largest absolute Gasteiger partial charge is 0.388 e. The van der Waals surface area contributed by atoms with E-state index in [0.717, 1.165) is 12.8 Å². The molecule has 4 heteroatoms. The molecule has 0 radical (unpaired) electrons. The lowest BCUT2D eigenvalue weighted by Crippen LogP contribution is -2.44. The van der Waals surface area contributed by atoms with Crippen molar-refractivity contribution in [3.8, 4) is 0 Å². The third-order valence-electron chi connectivity index (χ3n) is 3.51. The van der Waals surface area contributed by atoms with Crippen LogP contribution in [0.4, 0.5) is 0 Å². The Morgan fingerprint density at radius 3 is 2.68 bits per heavy atom. The van der Waals surface area contributed by atoms with Gasteiger partial charge in [-0.3, -0.25) is 4.79 Å². The van der Waals surface area contributed by atoms with E-state index in [0.29, 0.717) is 13.0 Å². The summed E-state index contributed by atoms with van der Waals surface area (Å²) in [5.41, 5.74) is -0.833. The molecule has 0 saturated heterocycles. The molecular formula is C15H25NO2S. The maximum atomic E-state index is 11.7. The van der Waals surface area contributed by atoms with E-state index in [4.69, 9.17) is 0 Å². The Kier molecular flexibility index (Phi) is 6.01. The summed E-state index contributed by atoms with van der Waals surface area (Å²) in [7, 11) is 0. The molecule has 0 saturated carbocycles. The van der Waals surface area contributed by atoms with Crippen molar-refractivity contribution in [2.24, 2.45) is 5.92 Å². The third-order valence-corrected chi connectivity index (χ3v) is 4.57. The average Bonchev–Trinajstić information content (AvgIpc) is 2.72. The molecule has 0 aliphatic rings. The van der Waals surface area contributed by atoms with Crippen LogP contribution in [0.2, 0.25) is 0 Å². The number of hydrogen-bond donors (Lipinski definition) is 2. The molecule has 0 aromatic carbocycles. The molecule has 0 aliphatic carbocycles. The van der Waals surface area contributed by atoms with Gasteiger partial charge in [-0.25, -0.2) is 0 Å². The summed E-state index contributed by atoms with van der Waals surface area (Å²) in [6.07, 6.45) is 2.33. The summed E-state index contributed by atoms with van der Waals surface area (Å²) in [6.45, 7) is 8.07. The van der Waals surface area contributed by atoms with E-state index in [2.05, 4.69) is 24.4 Å². The van der Waals surface area contributed by atoms with E-state index < -0.39 is 5.60 Å². The zero-order valence-electron chi connectivity index (χ0n) is 12.3. The molecule has 2 N–H and O–H groups in total. The topological polar surface area (TPSA) is 49.3 Å². The fourth-order valence-electron chi connectivity index (χ4n) is 1.61. The molecule has 1 aromatic heterocycles. The quantitative estimate of drug-likeness (QED) is 0.808. The van der Waals surface area contributed by atoms with Crippen LogP contribution < -0.4 is 5.32 Å². The highest BCUT2D eigenvalue weighted by atomic mass is 32.1. The van der Waals surface area contributed by atoms with Crippen molar-refractivity contribution in [1.82, 2.24) is 5.32 Å². The van der Waals surface area contributed by atoms with Crippen LogP contribution in [0.5, 0.6) is 0 Å². The Morgan fingerprint density at radius 1 is 1.47 bits per heavy atom. The summed E-state index contributed by atoms with van der Waals surface area (Å²) >= 11 is 1.79. The van der Waals surface area contributed by atoms with E-state index in [-0.39, 0.29) is 11.8 Å². The average molecular weight is 283 g/mol. The number of carbonyl (C=O) groups excluding carboxylic acids is 1. The maximum absolute atomic E-state index is 11.7. The van der Waals surface area contributed by atoms with Crippen LogP contribution in [-0.4, -0.2) is 23.2 Å².